The maximum atomic E-state index is 13.1. The third-order valence-electron chi connectivity index (χ3n) is 2.40. The van der Waals surface area contributed by atoms with Gasteiger partial charge in [0.25, 0.3) is 11.6 Å². The Balaban J connectivity index is 2.80. The minimum Gasteiger partial charge on any atom is -0.466 e. The topological polar surface area (TPSA) is 98.5 Å². The Labute approximate surface area is 118 Å². The first-order valence-electron chi connectivity index (χ1n) is 5.94. The summed E-state index contributed by atoms with van der Waals surface area (Å²) in [6.45, 7) is 1.65. The van der Waals surface area contributed by atoms with E-state index in [0.717, 1.165) is 0 Å². The molecule has 0 spiro atoms. The number of carbonyl (C=O) groups excluding carboxylic acids is 2. The fourth-order valence-electron chi connectivity index (χ4n) is 1.48. The van der Waals surface area contributed by atoms with Crippen LogP contribution in [0.1, 0.15) is 23.7 Å². The number of benzene rings is 1. The first-order chi connectivity index (χ1) is 9.86. The number of carbonyl (C=O) groups is 2. The molecule has 1 amide bonds. The number of nitro groups is 1. The van der Waals surface area contributed by atoms with Gasteiger partial charge in [-0.25, -0.2) is 8.78 Å². The van der Waals surface area contributed by atoms with Gasteiger partial charge in [0.15, 0.2) is 11.6 Å². The quantitative estimate of drug-likeness (QED) is 0.488. The van der Waals surface area contributed by atoms with Gasteiger partial charge in [-0.1, -0.05) is 0 Å². The molecule has 1 rings (SSSR count). The summed E-state index contributed by atoms with van der Waals surface area (Å²) in [7, 11) is 0. The monoisotopic (exact) mass is 302 g/mol. The van der Waals surface area contributed by atoms with Gasteiger partial charge < -0.3 is 10.1 Å². The molecule has 0 saturated heterocycles. The third-order valence-corrected chi connectivity index (χ3v) is 2.40. The summed E-state index contributed by atoms with van der Waals surface area (Å²) in [6.07, 6.45) is -0.142. The van der Waals surface area contributed by atoms with Gasteiger partial charge >= 0.3 is 5.97 Å². The highest BCUT2D eigenvalue weighted by Gasteiger charge is 2.23. The molecule has 9 heteroatoms. The van der Waals surface area contributed by atoms with Crippen LogP contribution in [0.2, 0.25) is 0 Å². The van der Waals surface area contributed by atoms with Crippen molar-refractivity contribution < 1.29 is 28.0 Å². The number of esters is 1. The van der Waals surface area contributed by atoms with E-state index in [-0.39, 0.29) is 19.6 Å². The number of nitrogens with one attached hydrogen (secondary N) is 1. The van der Waals surface area contributed by atoms with Crippen LogP contribution in [0.15, 0.2) is 12.1 Å². The predicted octanol–water partition coefficient (Wildman–Crippen LogP) is 1.56. The lowest BCUT2D eigenvalue weighted by atomic mass is 10.1. The van der Waals surface area contributed by atoms with Gasteiger partial charge in [-0.3, -0.25) is 19.7 Å². The lowest BCUT2D eigenvalue weighted by Crippen LogP contribution is -2.27. The van der Waals surface area contributed by atoms with Gasteiger partial charge in [-0.15, -0.1) is 0 Å². The second-order valence-electron chi connectivity index (χ2n) is 3.85. The van der Waals surface area contributed by atoms with Gasteiger partial charge in [0.05, 0.1) is 24.0 Å². The van der Waals surface area contributed by atoms with E-state index >= 15 is 0 Å². The van der Waals surface area contributed by atoms with E-state index < -0.39 is 39.7 Å². The van der Waals surface area contributed by atoms with Crippen LogP contribution >= 0.6 is 0 Å². The van der Waals surface area contributed by atoms with E-state index in [9.17, 15) is 28.5 Å². The molecule has 0 radical (unpaired) electrons. The van der Waals surface area contributed by atoms with Crippen molar-refractivity contribution in [1.29, 1.82) is 0 Å². The number of hydrogen-bond donors (Lipinski definition) is 1. The van der Waals surface area contributed by atoms with Crippen LogP contribution in [-0.4, -0.2) is 30.0 Å². The molecule has 114 valence electrons. The average Bonchev–Trinajstić information content (AvgIpc) is 2.41. The van der Waals surface area contributed by atoms with Crippen molar-refractivity contribution in [2.75, 3.05) is 13.2 Å². The first-order valence-corrected chi connectivity index (χ1v) is 5.94. The maximum Gasteiger partial charge on any atom is 0.307 e. The van der Waals surface area contributed by atoms with E-state index in [1.54, 1.807) is 6.92 Å². The Bertz CT molecular complexity index is 577. The largest absolute Gasteiger partial charge is 0.466 e. The van der Waals surface area contributed by atoms with Crippen LogP contribution in [0.3, 0.4) is 0 Å². The summed E-state index contributed by atoms with van der Waals surface area (Å²) < 4.78 is 30.7. The van der Waals surface area contributed by atoms with Gasteiger partial charge in [0.2, 0.25) is 0 Å². The van der Waals surface area contributed by atoms with Crippen molar-refractivity contribution in [3.8, 4) is 0 Å². The lowest BCUT2D eigenvalue weighted by Gasteiger charge is -2.06. The van der Waals surface area contributed by atoms with Crippen molar-refractivity contribution >= 4 is 17.6 Å². The molecule has 0 aromatic heterocycles. The zero-order valence-corrected chi connectivity index (χ0v) is 11.0. The number of ether oxygens (including phenoxy) is 1. The van der Waals surface area contributed by atoms with E-state index in [0.29, 0.717) is 12.1 Å². The molecular weight excluding hydrogens is 290 g/mol. The molecule has 1 aromatic carbocycles. The highest BCUT2D eigenvalue weighted by Crippen LogP contribution is 2.22. The molecule has 0 aliphatic rings. The average molecular weight is 302 g/mol. The Kier molecular flexibility index (Phi) is 5.70. The molecule has 7 nitrogen and oxygen atoms in total. The van der Waals surface area contributed by atoms with Crippen LogP contribution in [0.5, 0.6) is 0 Å². The van der Waals surface area contributed by atoms with E-state index in [2.05, 4.69) is 10.1 Å². The summed E-state index contributed by atoms with van der Waals surface area (Å²) in [5.74, 6) is -4.34. The molecule has 21 heavy (non-hydrogen) atoms. The second-order valence-corrected chi connectivity index (χ2v) is 3.85. The smallest absolute Gasteiger partial charge is 0.307 e. The van der Waals surface area contributed by atoms with Crippen molar-refractivity contribution in [2.45, 2.75) is 13.3 Å². The van der Waals surface area contributed by atoms with Crippen LogP contribution in [0, 0.1) is 21.7 Å². The zero-order chi connectivity index (χ0) is 16.0. The van der Waals surface area contributed by atoms with E-state index in [1.165, 1.54) is 0 Å². The Morgan fingerprint density at radius 2 is 1.95 bits per heavy atom. The van der Waals surface area contributed by atoms with Crippen molar-refractivity contribution in [3.63, 3.8) is 0 Å². The molecule has 0 atom stereocenters. The summed E-state index contributed by atoms with van der Waals surface area (Å²) in [5, 5.41) is 12.9. The molecule has 0 aliphatic carbocycles. The number of nitro benzene ring substituents is 1. The first kappa shape index (κ1) is 16.5. The molecule has 0 bridgehead atoms. The van der Waals surface area contributed by atoms with Crippen LogP contribution in [0.25, 0.3) is 0 Å². The van der Waals surface area contributed by atoms with E-state index in [4.69, 9.17) is 0 Å². The van der Waals surface area contributed by atoms with Gasteiger partial charge in [-0.2, -0.15) is 0 Å². The number of nitrogens with zero attached hydrogens (tertiary/aromatic N) is 1. The highest BCUT2D eigenvalue weighted by molar-refractivity contribution is 5.98. The highest BCUT2D eigenvalue weighted by atomic mass is 19.2. The zero-order valence-electron chi connectivity index (χ0n) is 11.0. The van der Waals surface area contributed by atoms with Crippen LogP contribution in [0.4, 0.5) is 14.5 Å². The summed E-state index contributed by atoms with van der Waals surface area (Å²) in [4.78, 5) is 32.5. The fourth-order valence-corrected chi connectivity index (χ4v) is 1.48. The van der Waals surface area contributed by atoms with Crippen molar-refractivity contribution in [1.82, 2.24) is 5.32 Å². The number of rotatable bonds is 6. The summed E-state index contributed by atoms with van der Waals surface area (Å²) in [6, 6.07) is 0.767. The van der Waals surface area contributed by atoms with E-state index in [1.807, 2.05) is 0 Å². The SMILES string of the molecule is CCOC(=O)CCNC(=O)c1cc(F)c(F)cc1[N+](=O)[O-]. The van der Waals surface area contributed by atoms with Crippen LogP contribution in [-0.2, 0) is 9.53 Å². The standard InChI is InChI=1S/C12H12F2N2O5/c1-2-21-11(17)3-4-15-12(18)7-5-8(13)9(14)6-10(7)16(19)20/h5-6H,2-4H2,1H3,(H,15,18). The molecule has 0 aliphatic heterocycles. The molecule has 1 aromatic rings. The fraction of sp³-hybridized carbons (Fsp3) is 0.333. The summed E-state index contributed by atoms with van der Waals surface area (Å²) >= 11 is 0. The van der Waals surface area contributed by atoms with Crippen molar-refractivity contribution in [2.24, 2.45) is 0 Å². The minimum atomic E-state index is -1.43. The number of amides is 1. The second kappa shape index (κ2) is 7.27. The molecule has 1 N–H and O–H groups in total. The normalized spacial score (nSPS) is 10.0. The molecule has 0 heterocycles. The van der Waals surface area contributed by atoms with Crippen molar-refractivity contribution in [3.05, 3.63) is 39.4 Å². The lowest BCUT2D eigenvalue weighted by molar-refractivity contribution is -0.385. The van der Waals surface area contributed by atoms with Gasteiger partial charge in [0.1, 0.15) is 5.56 Å². The van der Waals surface area contributed by atoms with Gasteiger partial charge in [0, 0.05) is 6.54 Å². The molecular formula is C12H12F2N2O5. The molecule has 0 saturated carbocycles. The third kappa shape index (κ3) is 4.48. The predicted molar refractivity (Wildman–Crippen MR) is 66.6 cm³/mol. The minimum absolute atomic E-state index is 0.142. The van der Waals surface area contributed by atoms with Crippen LogP contribution < -0.4 is 5.32 Å². The maximum absolute atomic E-state index is 13.1. The number of hydrogen-bond acceptors (Lipinski definition) is 5. The molecule has 0 fully saturated rings. The molecule has 0 unspecified atom stereocenters. The Morgan fingerprint density at radius 3 is 2.52 bits per heavy atom. The summed E-state index contributed by atoms with van der Waals surface area (Å²) in [5.41, 5.74) is -1.48. The Hall–Kier alpha value is -2.58. The van der Waals surface area contributed by atoms with Gasteiger partial charge in [-0.05, 0) is 13.0 Å². The number of halogens is 2. The Morgan fingerprint density at radius 1 is 1.33 bits per heavy atom.